The van der Waals surface area contributed by atoms with Gasteiger partial charge in [-0.05, 0) is 42.4 Å². The summed E-state index contributed by atoms with van der Waals surface area (Å²) in [7, 11) is -0.448. The number of sulfonamides is 1. The Morgan fingerprint density at radius 2 is 1.79 bits per heavy atom. The molecule has 24 heavy (non-hydrogen) atoms. The molecule has 0 heterocycles. The van der Waals surface area contributed by atoms with Crippen molar-refractivity contribution in [2.75, 3.05) is 26.0 Å². The monoisotopic (exact) mass is 363 g/mol. The van der Waals surface area contributed by atoms with Gasteiger partial charge in [0.2, 0.25) is 10.0 Å². The summed E-state index contributed by atoms with van der Waals surface area (Å²) in [4.78, 5) is 0.226. The molecule has 2 aromatic rings. The largest absolute Gasteiger partial charge is 0.362 e. The van der Waals surface area contributed by atoms with Crippen molar-refractivity contribution in [3.05, 3.63) is 60.2 Å². The highest BCUT2D eigenvalue weighted by atomic mass is 32.2. The van der Waals surface area contributed by atoms with E-state index in [1.54, 1.807) is 24.3 Å². The normalized spacial score (nSPS) is 11.3. The van der Waals surface area contributed by atoms with Crippen molar-refractivity contribution in [1.82, 2.24) is 9.62 Å². The zero-order valence-corrected chi connectivity index (χ0v) is 15.3. The van der Waals surface area contributed by atoms with Gasteiger partial charge in [0.1, 0.15) is 0 Å². The average molecular weight is 364 g/mol. The number of nitrogens with one attached hydrogen (secondary N) is 2. The van der Waals surface area contributed by atoms with E-state index in [0.717, 1.165) is 6.42 Å². The van der Waals surface area contributed by atoms with Crippen LogP contribution in [-0.2, 0) is 16.4 Å². The Kier molecular flexibility index (Phi) is 6.30. The lowest BCUT2D eigenvalue weighted by Crippen LogP contribution is -2.30. The molecular formula is C17H21N3O2S2. The molecule has 0 aliphatic rings. The third-order valence-corrected chi connectivity index (χ3v) is 5.47. The van der Waals surface area contributed by atoms with Gasteiger partial charge < -0.3 is 10.6 Å². The van der Waals surface area contributed by atoms with Gasteiger partial charge in [-0.2, -0.15) is 0 Å². The highest BCUT2D eigenvalue weighted by molar-refractivity contribution is 7.89. The first-order valence-corrected chi connectivity index (χ1v) is 9.36. The van der Waals surface area contributed by atoms with Crippen LogP contribution in [0.1, 0.15) is 5.56 Å². The van der Waals surface area contributed by atoms with Gasteiger partial charge in [-0.1, -0.05) is 36.4 Å². The van der Waals surface area contributed by atoms with E-state index in [2.05, 4.69) is 22.8 Å². The molecule has 0 aliphatic heterocycles. The van der Waals surface area contributed by atoms with E-state index in [1.807, 2.05) is 18.2 Å². The Morgan fingerprint density at radius 1 is 1.08 bits per heavy atom. The average Bonchev–Trinajstić information content (AvgIpc) is 2.56. The van der Waals surface area contributed by atoms with E-state index in [9.17, 15) is 8.42 Å². The van der Waals surface area contributed by atoms with Gasteiger partial charge in [0, 0.05) is 26.3 Å². The molecule has 0 atom stereocenters. The van der Waals surface area contributed by atoms with Crippen molar-refractivity contribution in [2.24, 2.45) is 0 Å². The maximum atomic E-state index is 12.1. The Bertz CT molecular complexity index is 790. The van der Waals surface area contributed by atoms with Crippen molar-refractivity contribution in [3.8, 4) is 0 Å². The SMILES string of the molecule is CN(C)S(=O)(=O)c1cccc(NC(=S)NCCc2ccccc2)c1. The number of nitrogens with zero attached hydrogens (tertiary/aromatic N) is 1. The van der Waals surface area contributed by atoms with E-state index in [0.29, 0.717) is 17.3 Å². The van der Waals surface area contributed by atoms with Crippen LogP contribution in [0.25, 0.3) is 0 Å². The minimum Gasteiger partial charge on any atom is -0.362 e. The minimum absolute atomic E-state index is 0.226. The molecule has 0 bridgehead atoms. The predicted octanol–water partition coefficient (Wildman–Crippen LogP) is 2.47. The van der Waals surface area contributed by atoms with Crippen LogP contribution in [0.4, 0.5) is 5.69 Å². The number of anilines is 1. The van der Waals surface area contributed by atoms with Gasteiger partial charge in [-0.25, -0.2) is 12.7 Å². The van der Waals surface area contributed by atoms with Crippen LogP contribution in [0.3, 0.4) is 0 Å². The highest BCUT2D eigenvalue weighted by Gasteiger charge is 2.17. The summed E-state index contributed by atoms with van der Waals surface area (Å²) in [5, 5.41) is 6.60. The number of hydrogen-bond donors (Lipinski definition) is 2. The van der Waals surface area contributed by atoms with Crippen LogP contribution in [0, 0.1) is 0 Å². The van der Waals surface area contributed by atoms with Crippen molar-refractivity contribution < 1.29 is 8.42 Å². The molecule has 5 nitrogen and oxygen atoms in total. The van der Waals surface area contributed by atoms with Gasteiger partial charge in [-0.3, -0.25) is 0 Å². The molecule has 2 N–H and O–H groups in total. The minimum atomic E-state index is -3.46. The molecule has 0 spiro atoms. The first-order chi connectivity index (χ1) is 11.4. The summed E-state index contributed by atoms with van der Waals surface area (Å²) in [5.74, 6) is 0. The van der Waals surface area contributed by atoms with E-state index in [4.69, 9.17) is 12.2 Å². The maximum absolute atomic E-state index is 12.1. The Balaban J connectivity index is 1.92. The van der Waals surface area contributed by atoms with Gasteiger partial charge in [0.15, 0.2) is 5.11 Å². The summed E-state index contributed by atoms with van der Waals surface area (Å²) in [5.41, 5.74) is 1.86. The topological polar surface area (TPSA) is 61.4 Å². The zero-order chi connectivity index (χ0) is 17.6. The number of rotatable bonds is 6. The summed E-state index contributed by atoms with van der Waals surface area (Å²) < 4.78 is 25.5. The van der Waals surface area contributed by atoms with Crippen LogP contribution in [-0.4, -0.2) is 38.5 Å². The zero-order valence-electron chi connectivity index (χ0n) is 13.7. The lowest BCUT2D eigenvalue weighted by Gasteiger charge is -2.14. The molecule has 0 aliphatic carbocycles. The first kappa shape index (κ1) is 18.4. The second-order valence-corrected chi connectivity index (χ2v) is 7.99. The molecule has 7 heteroatoms. The number of thiocarbonyl (C=S) groups is 1. The van der Waals surface area contributed by atoms with Crippen molar-refractivity contribution in [3.63, 3.8) is 0 Å². The summed E-state index contributed by atoms with van der Waals surface area (Å²) in [6, 6.07) is 16.7. The molecule has 2 aromatic carbocycles. The third-order valence-electron chi connectivity index (χ3n) is 3.41. The fraction of sp³-hybridized carbons (Fsp3) is 0.235. The smallest absolute Gasteiger partial charge is 0.242 e. The van der Waals surface area contributed by atoms with Crippen LogP contribution in [0.5, 0.6) is 0 Å². The van der Waals surface area contributed by atoms with E-state index < -0.39 is 10.0 Å². The van der Waals surface area contributed by atoms with Crippen molar-refractivity contribution in [1.29, 1.82) is 0 Å². The Labute approximate surface area is 148 Å². The van der Waals surface area contributed by atoms with E-state index in [-0.39, 0.29) is 4.90 Å². The molecule has 2 rings (SSSR count). The molecule has 0 fully saturated rings. The summed E-state index contributed by atoms with van der Waals surface area (Å²) in [6.07, 6.45) is 0.859. The van der Waals surface area contributed by atoms with E-state index >= 15 is 0 Å². The van der Waals surface area contributed by atoms with Crippen LogP contribution in [0.15, 0.2) is 59.5 Å². The molecule has 0 aromatic heterocycles. The standard InChI is InChI=1S/C17H21N3O2S2/c1-20(2)24(21,22)16-10-6-9-15(13-16)19-17(23)18-12-11-14-7-4-3-5-8-14/h3-10,13H,11-12H2,1-2H3,(H2,18,19,23). The second kappa shape index (κ2) is 8.23. The number of hydrogen-bond acceptors (Lipinski definition) is 3. The van der Waals surface area contributed by atoms with Crippen molar-refractivity contribution >= 4 is 33.0 Å². The molecule has 0 saturated heterocycles. The van der Waals surface area contributed by atoms with Gasteiger partial charge in [-0.15, -0.1) is 0 Å². The molecule has 0 unspecified atom stereocenters. The molecular weight excluding hydrogens is 342 g/mol. The molecule has 0 amide bonds. The Hall–Kier alpha value is -1.96. The molecule has 128 valence electrons. The third kappa shape index (κ3) is 5.02. The van der Waals surface area contributed by atoms with E-state index in [1.165, 1.54) is 24.0 Å². The fourth-order valence-electron chi connectivity index (χ4n) is 2.09. The van der Waals surface area contributed by atoms with Gasteiger partial charge in [0.05, 0.1) is 4.90 Å². The summed E-state index contributed by atoms with van der Waals surface area (Å²) in [6.45, 7) is 0.700. The highest BCUT2D eigenvalue weighted by Crippen LogP contribution is 2.17. The molecule has 0 saturated carbocycles. The quantitative estimate of drug-likeness (QED) is 0.772. The lowest BCUT2D eigenvalue weighted by atomic mass is 10.1. The fourth-order valence-corrected chi connectivity index (χ4v) is 3.25. The number of benzene rings is 2. The van der Waals surface area contributed by atoms with Crippen LogP contribution in [0.2, 0.25) is 0 Å². The summed E-state index contributed by atoms with van der Waals surface area (Å²) >= 11 is 5.26. The maximum Gasteiger partial charge on any atom is 0.242 e. The van der Waals surface area contributed by atoms with Crippen LogP contribution < -0.4 is 10.6 Å². The Morgan fingerprint density at radius 3 is 2.46 bits per heavy atom. The lowest BCUT2D eigenvalue weighted by molar-refractivity contribution is 0.521. The molecule has 0 radical (unpaired) electrons. The van der Waals surface area contributed by atoms with Gasteiger partial charge in [0.25, 0.3) is 0 Å². The van der Waals surface area contributed by atoms with Crippen LogP contribution >= 0.6 is 12.2 Å². The van der Waals surface area contributed by atoms with Gasteiger partial charge >= 0.3 is 0 Å². The van der Waals surface area contributed by atoms with Crippen molar-refractivity contribution in [2.45, 2.75) is 11.3 Å². The predicted molar refractivity (Wildman–Crippen MR) is 102 cm³/mol. The first-order valence-electron chi connectivity index (χ1n) is 7.51. The second-order valence-electron chi connectivity index (χ2n) is 5.43.